The molecule has 94 valence electrons. The second-order valence-electron chi connectivity index (χ2n) is 4.93. The van der Waals surface area contributed by atoms with Gasteiger partial charge in [0.1, 0.15) is 0 Å². The van der Waals surface area contributed by atoms with E-state index in [1.165, 1.54) is 6.92 Å². The molecule has 0 unspecified atom stereocenters. The zero-order valence-electron chi connectivity index (χ0n) is 9.08. The van der Waals surface area contributed by atoms with E-state index in [0.717, 1.165) is 0 Å². The van der Waals surface area contributed by atoms with Crippen LogP contribution < -0.4 is 5.32 Å². The molecule has 8 heteroatoms. The van der Waals surface area contributed by atoms with Gasteiger partial charge in [0.05, 0.1) is 18.6 Å². The smallest absolute Gasteiger partial charge is 0.301 e. The highest BCUT2D eigenvalue weighted by molar-refractivity contribution is 5.86. The summed E-state index contributed by atoms with van der Waals surface area (Å²) in [5.74, 6) is -1.47. The van der Waals surface area contributed by atoms with Crippen molar-refractivity contribution < 1.29 is 24.3 Å². The minimum absolute atomic E-state index is 0.0750. The molecule has 0 saturated carbocycles. The maximum atomic E-state index is 11.9. The molecule has 2 N–H and O–H groups in total. The minimum atomic E-state index is -1.78. The van der Waals surface area contributed by atoms with E-state index in [0.29, 0.717) is 0 Å². The number of carbonyl (C=O) groups is 1. The predicted molar refractivity (Wildman–Crippen MR) is 51.2 cm³/mol. The third-order valence-electron chi connectivity index (χ3n) is 3.97. The molecule has 0 spiro atoms. The van der Waals surface area contributed by atoms with Crippen LogP contribution in [0.4, 0.5) is 0 Å². The summed E-state index contributed by atoms with van der Waals surface area (Å²) in [6.45, 7) is 1.42. The Labute approximate surface area is 96.0 Å². The molecule has 3 saturated heterocycles. The Kier molecular flexibility index (Phi) is 1.89. The van der Waals surface area contributed by atoms with Crippen molar-refractivity contribution in [3.8, 4) is 0 Å². The first-order valence-corrected chi connectivity index (χ1v) is 5.34. The van der Waals surface area contributed by atoms with Crippen LogP contribution in [0, 0.1) is 16.0 Å². The Morgan fingerprint density at radius 1 is 1.65 bits per heavy atom. The molecule has 0 aliphatic carbocycles. The maximum absolute atomic E-state index is 11.9. The number of ether oxygens (including phenoxy) is 2. The van der Waals surface area contributed by atoms with Gasteiger partial charge in [0, 0.05) is 18.3 Å². The van der Waals surface area contributed by atoms with E-state index in [-0.39, 0.29) is 13.0 Å². The molecule has 0 aromatic rings. The molecule has 3 heterocycles. The highest BCUT2D eigenvalue weighted by Gasteiger charge is 2.69. The second-order valence-corrected chi connectivity index (χ2v) is 4.93. The van der Waals surface area contributed by atoms with E-state index in [9.17, 15) is 20.0 Å². The van der Waals surface area contributed by atoms with E-state index in [2.05, 4.69) is 5.32 Å². The fraction of sp³-hybridized carbons (Fsp3) is 0.889. The van der Waals surface area contributed by atoms with Crippen molar-refractivity contribution in [1.29, 1.82) is 0 Å². The number of carbonyl (C=O) groups excluding carboxylic acids is 1. The topological polar surface area (TPSA) is 111 Å². The lowest BCUT2D eigenvalue weighted by Crippen LogP contribution is -2.74. The van der Waals surface area contributed by atoms with E-state index >= 15 is 0 Å². The fourth-order valence-corrected chi connectivity index (χ4v) is 2.82. The normalized spacial score (nSPS) is 52.1. The molecular formula is C9H12N2O6. The molecule has 3 rings (SSSR count). The lowest BCUT2D eigenvalue weighted by molar-refractivity contribution is -0.567. The van der Waals surface area contributed by atoms with Crippen LogP contribution in [0.1, 0.15) is 13.3 Å². The molecule has 0 radical (unpaired) electrons. The molecule has 3 aliphatic rings. The van der Waals surface area contributed by atoms with Gasteiger partial charge in [-0.1, -0.05) is 0 Å². The number of rotatable bonds is 1. The van der Waals surface area contributed by atoms with Crippen molar-refractivity contribution in [3.05, 3.63) is 10.1 Å². The standard InChI is InChI=1S/C9H12N2O6/c1-8(11(14)15)4-2-9(13,10-6(8)12)7-16-3-5(4)17-7/h4-5,7,13H,2-3H2,1H3,(H,10,12)/t4-,5+,7+,8+,9-/m0/s1. The number of nitrogens with zero attached hydrogens (tertiary/aromatic N) is 1. The second kappa shape index (κ2) is 2.95. The Balaban J connectivity index is 2.07. The molecule has 0 aromatic carbocycles. The van der Waals surface area contributed by atoms with Crippen molar-refractivity contribution in [2.75, 3.05) is 6.61 Å². The number of amides is 1. The monoisotopic (exact) mass is 244 g/mol. The van der Waals surface area contributed by atoms with Crippen molar-refractivity contribution in [3.63, 3.8) is 0 Å². The summed E-state index contributed by atoms with van der Waals surface area (Å²) in [7, 11) is 0. The number of aliphatic hydroxyl groups is 1. The zero-order chi connectivity index (χ0) is 12.4. The van der Waals surface area contributed by atoms with Gasteiger partial charge in [-0.25, -0.2) is 0 Å². The van der Waals surface area contributed by atoms with Gasteiger partial charge < -0.3 is 19.9 Å². The van der Waals surface area contributed by atoms with E-state index in [1.54, 1.807) is 0 Å². The highest BCUT2D eigenvalue weighted by Crippen LogP contribution is 2.46. The summed E-state index contributed by atoms with van der Waals surface area (Å²) in [4.78, 5) is 22.4. The summed E-state index contributed by atoms with van der Waals surface area (Å²) < 4.78 is 10.6. The van der Waals surface area contributed by atoms with E-state index in [1.807, 2.05) is 0 Å². The van der Waals surface area contributed by atoms with Gasteiger partial charge in [0.25, 0.3) is 5.91 Å². The highest BCUT2D eigenvalue weighted by atomic mass is 16.7. The van der Waals surface area contributed by atoms with Gasteiger partial charge >= 0.3 is 5.54 Å². The number of fused-ring (bicyclic) bond motifs is 6. The maximum Gasteiger partial charge on any atom is 0.301 e. The first kappa shape index (κ1) is 10.9. The van der Waals surface area contributed by atoms with Crippen molar-refractivity contribution in [2.45, 2.75) is 37.0 Å². The molecule has 3 aliphatic heterocycles. The lowest BCUT2D eigenvalue weighted by Gasteiger charge is -2.47. The van der Waals surface area contributed by atoms with Crippen LogP contribution in [-0.2, 0) is 14.3 Å². The number of nitrogens with one attached hydrogen (secondary N) is 1. The van der Waals surface area contributed by atoms with E-state index < -0.39 is 40.4 Å². The summed E-state index contributed by atoms with van der Waals surface area (Å²) in [6, 6.07) is 0. The molecule has 4 bridgehead atoms. The van der Waals surface area contributed by atoms with Crippen molar-refractivity contribution >= 4 is 5.91 Å². The quantitative estimate of drug-likeness (QED) is 0.433. The van der Waals surface area contributed by atoms with Crippen LogP contribution in [0.2, 0.25) is 0 Å². The Morgan fingerprint density at radius 2 is 2.35 bits per heavy atom. The lowest BCUT2D eigenvalue weighted by atomic mass is 9.72. The van der Waals surface area contributed by atoms with Gasteiger partial charge in [-0.2, -0.15) is 0 Å². The third kappa shape index (κ3) is 1.15. The number of hydrogen-bond donors (Lipinski definition) is 2. The Morgan fingerprint density at radius 3 is 3.00 bits per heavy atom. The predicted octanol–water partition coefficient (Wildman–Crippen LogP) is -1.40. The Bertz CT molecular complexity index is 414. The molecule has 8 nitrogen and oxygen atoms in total. The van der Waals surface area contributed by atoms with Gasteiger partial charge in [0.15, 0.2) is 5.72 Å². The summed E-state index contributed by atoms with van der Waals surface area (Å²) in [6.07, 6.45) is -1.36. The van der Waals surface area contributed by atoms with Gasteiger partial charge in [0.2, 0.25) is 6.29 Å². The molecular weight excluding hydrogens is 232 g/mol. The molecule has 1 amide bonds. The average Bonchev–Trinajstić information content (AvgIpc) is 2.68. The zero-order valence-corrected chi connectivity index (χ0v) is 9.08. The van der Waals surface area contributed by atoms with Gasteiger partial charge in [-0.3, -0.25) is 14.9 Å². The molecule has 3 fully saturated rings. The van der Waals surface area contributed by atoms with Crippen molar-refractivity contribution in [1.82, 2.24) is 5.32 Å². The first-order chi connectivity index (χ1) is 7.88. The first-order valence-electron chi connectivity index (χ1n) is 5.34. The fourth-order valence-electron chi connectivity index (χ4n) is 2.82. The van der Waals surface area contributed by atoms with Crippen LogP contribution >= 0.6 is 0 Å². The number of nitro groups is 1. The van der Waals surface area contributed by atoms with Crippen LogP contribution in [-0.4, -0.2) is 46.2 Å². The average molecular weight is 244 g/mol. The largest absolute Gasteiger partial charge is 0.366 e. The number of hydrogen-bond acceptors (Lipinski definition) is 6. The van der Waals surface area contributed by atoms with Crippen LogP contribution in [0.5, 0.6) is 0 Å². The number of piperidine rings is 1. The van der Waals surface area contributed by atoms with Gasteiger partial charge in [-0.05, 0) is 0 Å². The van der Waals surface area contributed by atoms with Gasteiger partial charge in [-0.15, -0.1) is 0 Å². The van der Waals surface area contributed by atoms with E-state index in [4.69, 9.17) is 9.47 Å². The summed E-state index contributed by atoms with van der Waals surface area (Å²) >= 11 is 0. The summed E-state index contributed by atoms with van der Waals surface area (Å²) in [5, 5.41) is 23.5. The van der Waals surface area contributed by atoms with Crippen LogP contribution in [0.3, 0.4) is 0 Å². The van der Waals surface area contributed by atoms with Crippen molar-refractivity contribution in [2.24, 2.45) is 5.92 Å². The molecule has 17 heavy (non-hydrogen) atoms. The van der Waals surface area contributed by atoms with Crippen LogP contribution in [0.25, 0.3) is 0 Å². The summed E-state index contributed by atoms with van der Waals surface area (Å²) in [5.41, 5.74) is -3.43. The SMILES string of the molecule is C[C@]1([N+](=O)[O-])C(=O)N[C@]2(O)C[C@H]1[C@H]1CO[C@@H]2O1. The third-order valence-corrected chi connectivity index (χ3v) is 3.97. The molecule has 0 aromatic heterocycles. The van der Waals surface area contributed by atoms with Crippen LogP contribution in [0.15, 0.2) is 0 Å². The Hall–Kier alpha value is -1.25. The molecule has 5 atom stereocenters. The minimum Gasteiger partial charge on any atom is -0.366 e.